The van der Waals surface area contributed by atoms with Crippen LogP contribution in [0.2, 0.25) is 0 Å². The number of anilines is 1. The fourth-order valence-electron chi connectivity index (χ4n) is 2.78. The van der Waals surface area contributed by atoms with Gasteiger partial charge in [-0.15, -0.1) is 23.4 Å². The molecule has 3 N–H and O–H groups in total. The monoisotopic (exact) mass is 488 g/mol. The van der Waals surface area contributed by atoms with Crippen LogP contribution in [-0.4, -0.2) is 54.3 Å². The number of aryl methyl sites for hydroxylation is 1. The van der Waals surface area contributed by atoms with Crippen molar-refractivity contribution in [3.63, 3.8) is 0 Å². The smallest absolute Gasteiger partial charge is 0.406 e. The van der Waals surface area contributed by atoms with Gasteiger partial charge in [-0.05, 0) is 18.2 Å². The average Bonchev–Trinajstić information content (AvgIpc) is 3.37. The number of amides is 2. The summed E-state index contributed by atoms with van der Waals surface area (Å²) in [5, 5.41) is 16.8. The van der Waals surface area contributed by atoms with Gasteiger partial charge >= 0.3 is 6.36 Å². The van der Waals surface area contributed by atoms with E-state index in [1.165, 1.54) is 17.1 Å². The Morgan fingerprint density at radius 3 is 2.56 bits per heavy atom. The number of nitrogens with two attached hydrogens (primary N) is 1. The van der Waals surface area contributed by atoms with E-state index in [0.29, 0.717) is 0 Å². The van der Waals surface area contributed by atoms with E-state index in [0.717, 1.165) is 22.9 Å². The van der Waals surface area contributed by atoms with E-state index in [2.05, 4.69) is 30.7 Å². The molecule has 1 aromatic carbocycles. The molecule has 182 valence electrons. The van der Waals surface area contributed by atoms with Crippen LogP contribution >= 0.6 is 0 Å². The van der Waals surface area contributed by atoms with Crippen molar-refractivity contribution in [1.82, 2.24) is 30.0 Å². The van der Waals surface area contributed by atoms with Crippen LogP contribution in [0.5, 0.6) is 5.75 Å². The lowest BCUT2D eigenvalue weighted by Gasteiger charge is -2.10. The summed E-state index contributed by atoms with van der Waals surface area (Å²) in [5.41, 5.74) is 4.68. The number of hydrogen-bond acceptors (Lipinski definition) is 7. The Balaban J connectivity index is 1.50. The van der Waals surface area contributed by atoms with Crippen LogP contribution in [0.1, 0.15) is 22.5 Å². The molecule has 1 atom stereocenters. The number of rotatable bonds is 10. The van der Waals surface area contributed by atoms with Gasteiger partial charge in [-0.25, -0.2) is 13.5 Å². The highest BCUT2D eigenvalue weighted by molar-refractivity contribution is 5.91. The number of hydrogen-bond donors (Lipinski definition) is 2. The Bertz CT molecular complexity index is 1160. The molecular weight excluding hydrogens is 471 g/mol. The first kappa shape index (κ1) is 24.5. The van der Waals surface area contributed by atoms with Crippen molar-refractivity contribution in [3.8, 4) is 5.75 Å². The number of nitrogens with one attached hydrogen (secondary N) is 1. The SMILES string of the molecule is NC(=O)c1cn(CCC(F)Cn2cc(NC(=O)Cc3cc(OC(F)(F)F)ccc3F)nn2)nn1. The second kappa shape index (κ2) is 10.2. The lowest BCUT2D eigenvalue weighted by atomic mass is 10.1. The molecule has 1 unspecified atom stereocenters. The molecule has 34 heavy (non-hydrogen) atoms. The van der Waals surface area contributed by atoms with E-state index in [1.807, 2.05) is 0 Å². The van der Waals surface area contributed by atoms with Crippen molar-refractivity contribution in [2.24, 2.45) is 5.73 Å². The van der Waals surface area contributed by atoms with Gasteiger partial charge in [-0.3, -0.25) is 14.3 Å². The molecule has 0 aliphatic heterocycles. The lowest BCUT2D eigenvalue weighted by molar-refractivity contribution is -0.274. The molecule has 0 radical (unpaired) electrons. The molecule has 0 spiro atoms. The predicted molar refractivity (Wildman–Crippen MR) is 103 cm³/mol. The molecule has 0 aliphatic rings. The number of carbonyl (C=O) groups excluding carboxylic acids is 2. The van der Waals surface area contributed by atoms with Gasteiger partial charge in [0.05, 0.1) is 25.4 Å². The third-order valence-electron chi connectivity index (χ3n) is 4.26. The van der Waals surface area contributed by atoms with E-state index in [-0.39, 0.29) is 36.6 Å². The molecule has 16 heteroatoms. The van der Waals surface area contributed by atoms with Crippen LogP contribution in [0.15, 0.2) is 30.6 Å². The molecule has 0 aliphatic carbocycles. The van der Waals surface area contributed by atoms with Gasteiger partial charge in [0.15, 0.2) is 11.5 Å². The molecule has 0 bridgehead atoms. The summed E-state index contributed by atoms with van der Waals surface area (Å²) in [6.07, 6.45) is -4.46. The molecule has 3 aromatic rings. The van der Waals surface area contributed by atoms with Gasteiger partial charge in [0.2, 0.25) is 5.91 Å². The van der Waals surface area contributed by atoms with Crippen molar-refractivity contribution in [2.45, 2.75) is 38.5 Å². The zero-order valence-corrected chi connectivity index (χ0v) is 17.2. The molecule has 2 heterocycles. The van der Waals surface area contributed by atoms with Crippen LogP contribution in [0.25, 0.3) is 0 Å². The number of carbonyl (C=O) groups is 2. The number of ether oxygens (including phenoxy) is 1. The van der Waals surface area contributed by atoms with Crippen molar-refractivity contribution < 1.29 is 36.3 Å². The van der Waals surface area contributed by atoms with Gasteiger partial charge in [-0.1, -0.05) is 10.4 Å². The van der Waals surface area contributed by atoms with Crippen LogP contribution < -0.4 is 15.8 Å². The number of primary amides is 1. The van der Waals surface area contributed by atoms with Gasteiger partial charge in [0.1, 0.15) is 17.7 Å². The Morgan fingerprint density at radius 2 is 1.88 bits per heavy atom. The molecule has 0 saturated heterocycles. The van der Waals surface area contributed by atoms with E-state index < -0.39 is 42.3 Å². The largest absolute Gasteiger partial charge is 0.573 e. The molecule has 0 fully saturated rings. The first-order chi connectivity index (χ1) is 16.0. The standard InChI is InChI=1S/C18H17F5N8O3/c19-11(3-4-30-8-14(17(24)33)26-28-30)7-31-9-15(27-29-31)25-16(32)6-10-5-12(1-2-13(10)20)34-18(21,22)23/h1-2,5,8-9,11H,3-4,6-7H2,(H2,24,33)(H,25,32). The van der Waals surface area contributed by atoms with Crippen molar-refractivity contribution in [1.29, 1.82) is 0 Å². The second-order valence-electron chi connectivity index (χ2n) is 6.97. The zero-order chi connectivity index (χ0) is 24.9. The van der Waals surface area contributed by atoms with Crippen LogP contribution in [0, 0.1) is 5.82 Å². The minimum absolute atomic E-state index is 0.00126. The summed E-state index contributed by atoms with van der Waals surface area (Å²) in [5.74, 6) is -3.19. The number of alkyl halides is 4. The fraction of sp³-hybridized carbons (Fsp3) is 0.333. The fourth-order valence-corrected chi connectivity index (χ4v) is 2.78. The van der Waals surface area contributed by atoms with E-state index in [9.17, 15) is 31.5 Å². The minimum Gasteiger partial charge on any atom is -0.406 e. The van der Waals surface area contributed by atoms with Crippen LogP contribution in [0.4, 0.5) is 27.8 Å². The highest BCUT2D eigenvalue weighted by Gasteiger charge is 2.31. The summed E-state index contributed by atoms with van der Waals surface area (Å²) in [6, 6.07) is 2.28. The highest BCUT2D eigenvalue weighted by atomic mass is 19.4. The summed E-state index contributed by atoms with van der Waals surface area (Å²) >= 11 is 0. The predicted octanol–water partition coefficient (Wildman–Crippen LogP) is 1.62. The van der Waals surface area contributed by atoms with Gasteiger partial charge in [0, 0.05) is 18.5 Å². The topological polar surface area (TPSA) is 143 Å². The zero-order valence-electron chi connectivity index (χ0n) is 17.2. The Hall–Kier alpha value is -4.11. The highest BCUT2D eigenvalue weighted by Crippen LogP contribution is 2.25. The maximum absolute atomic E-state index is 14.2. The summed E-state index contributed by atoms with van der Waals surface area (Å²) in [4.78, 5) is 23.1. The van der Waals surface area contributed by atoms with Gasteiger partial charge < -0.3 is 15.8 Å². The second-order valence-corrected chi connectivity index (χ2v) is 6.97. The van der Waals surface area contributed by atoms with Gasteiger partial charge in [0.25, 0.3) is 5.91 Å². The summed E-state index contributed by atoms with van der Waals surface area (Å²) in [7, 11) is 0. The molecule has 0 saturated carbocycles. The van der Waals surface area contributed by atoms with Crippen LogP contribution in [0.3, 0.4) is 0 Å². The lowest BCUT2D eigenvalue weighted by Crippen LogP contribution is -2.18. The molecule has 11 nitrogen and oxygen atoms in total. The molecule has 2 aromatic heterocycles. The van der Waals surface area contributed by atoms with Crippen molar-refractivity contribution in [2.75, 3.05) is 5.32 Å². The van der Waals surface area contributed by atoms with Crippen molar-refractivity contribution in [3.05, 3.63) is 47.7 Å². The summed E-state index contributed by atoms with van der Waals surface area (Å²) in [6.45, 7) is -0.103. The average molecular weight is 488 g/mol. The van der Waals surface area contributed by atoms with E-state index in [1.54, 1.807) is 0 Å². The maximum Gasteiger partial charge on any atom is 0.573 e. The number of aromatic nitrogens is 6. The Kier molecular flexibility index (Phi) is 7.37. The normalized spacial score (nSPS) is 12.4. The molecular formula is C18H17F5N8O3. The van der Waals surface area contributed by atoms with E-state index in [4.69, 9.17) is 5.73 Å². The minimum atomic E-state index is -4.97. The molecule has 2 amide bonds. The Morgan fingerprint density at radius 1 is 1.15 bits per heavy atom. The first-order valence-electron chi connectivity index (χ1n) is 9.56. The maximum atomic E-state index is 14.2. The van der Waals surface area contributed by atoms with Crippen LogP contribution in [-0.2, 0) is 24.3 Å². The third-order valence-corrected chi connectivity index (χ3v) is 4.26. The quantitative estimate of drug-likeness (QED) is 0.413. The number of halogens is 5. The van der Waals surface area contributed by atoms with Gasteiger partial charge in [-0.2, -0.15) is 0 Å². The van der Waals surface area contributed by atoms with Crippen molar-refractivity contribution >= 4 is 17.6 Å². The van der Waals surface area contributed by atoms with E-state index >= 15 is 0 Å². The molecule has 3 rings (SSSR count). The Labute approximate surface area is 187 Å². The number of benzene rings is 1. The number of nitrogens with zero attached hydrogens (tertiary/aromatic N) is 6. The summed E-state index contributed by atoms with van der Waals surface area (Å²) < 4.78 is 71.1. The first-order valence-corrected chi connectivity index (χ1v) is 9.56. The third kappa shape index (κ3) is 7.21.